The van der Waals surface area contributed by atoms with Gasteiger partial charge in [0.25, 0.3) is 0 Å². The topological polar surface area (TPSA) is 118 Å². The minimum atomic E-state index is -0.727. The molecule has 0 atom stereocenters. The maximum absolute atomic E-state index is 12.0. The number of ether oxygens (including phenoxy) is 4. The van der Waals surface area contributed by atoms with Crippen molar-refractivity contribution in [1.82, 2.24) is 10.1 Å². The average molecular weight is 513 g/mol. The number of thioether (sulfide) groups is 1. The third-order valence-corrected chi connectivity index (χ3v) is 5.73. The molecule has 0 saturated carbocycles. The Bertz CT molecular complexity index is 1250. The van der Waals surface area contributed by atoms with Crippen molar-refractivity contribution in [3.63, 3.8) is 0 Å². The van der Waals surface area contributed by atoms with Crippen LogP contribution < -0.4 is 9.47 Å². The van der Waals surface area contributed by atoms with E-state index in [4.69, 9.17) is 28.5 Å². The molecular formula is C25H28N4O6S. The summed E-state index contributed by atoms with van der Waals surface area (Å²) in [6, 6.07) is 11.1. The molecule has 1 amide bonds. The van der Waals surface area contributed by atoms with Gasteiger partial charge in [-0.15, -0.1) is 11.8 Å². The van der Waals surface area contributed by atoms with E-state index in [9.17, 15) is 4.79 Å². The van der Waals surface area contributed by atoms with E-state index < -0.39 is 6.09 Å². The molecule has 11 heteroatoms. The van der Waals surface area contributed by atoms with Gasteiger partial charge in [0.15, 0.2) is 11.5 Å². The summed E-state index contributed by atoms with van der Waals surface area (Å²) in [6.07, 6.45) is 1.67. The van der Waals surface area contributed by atoms with Crippen LogP contribution in [0.2, 0.25) is 0 Å². The highest BCUT2D eigenvalue weighted by Gasteiger charge is 2.20. The van der Waals surface area contributed by atoms with E-state index in [-0.39, 0.29) is 0 Å². The minimum absolute atomic E-state index is 0.379. The molecule has 0 spiro atoms. The molecule has 190 valence electrons. The van der Waals surface area contributed by atoms with Gasteiger partial charge < -0.3 is 23.5 Å². The molecule has 1 heterocycles. The van der Waals surface area contributed by atoms with Crippen LogP contribution in [0, 0.1) is 6.92 Å². The molecule has 1 aromatic heterocycles. The number of carbonyl (C=O) groups excluding carboxylic acids is 1. The summed E-state index contributed by atoms with van der Waals surface area (Å²) >= 11 is 1.27. The molecule has 0 radical (unpaired) electrons. The summed E-state index contributed by atoms with van der Waals surface area (Å²) in [4.78, 5) is 25.2. The Morgan fingerprint density at radius 1 is 1.08 bits per heavy atom. The predicted octanol–water partition coefficient (Wildman–Crippen LogP) is 4.90. The van der Waals surface area contributed by atoms with Crippen LogP contribution in [0.4, 0.5) is 10.5 Å². The van der Waals surface area contributed by atoms with Gasteiger partial charge >= 0.3 is 6.09 Å². The number of nitrogens with zero attached hydrogens (tertiary/aromatic N) is 4. The summed E-state index contributed by atoms with van der Waals surface area (Å²) in [6.45, 7) is 2.22. The van der Waals surface area contributed by atoms with E-state index in [0.29, 0.717) is 58.2 Å². The Kier molecular flexibility index (Phi) is 9.60. The molecular weight excluding hydrogens is 484 g/mol. The van der Waals surface area contributed by atoms with Crippen LogP contribution >= 0.6 is 11.8 Å². The summed E-state index contributed by atoms with van der Waals surface area (Å²) in [5, 5.41) is 4.32. The third kappa shape index (κ3) is 6.49. The highest BCUT2D eigenvalue weighted by atomic mass is 32.2. The third-order valence-electron chi connectivity index (χ3n) is 5.06. The zero-order valence-electron chi connectivity index (χ0n) is 21.0. The number of amides is 1. The molecule has 36 heavy (non-hydrogen) atoms. The molecule has 0 unspecified atom stereocenters. The standard InChI is InChI=1S/C25H28N4O6S/c1-15-26-23(29-35-15)16-7-9-19(10-8-16)27-21(24(36-6)28-25(30)34-5)18-13-17(11-12-31-2)22(33-4)20(14-18)32-3/h7-10,13-14H,11-12H2,1-6H3/b27-21-,28-24-. The fourth-order valence-electron chi connectivity index (χ4n) is 3.37. The number of rotatable bonds is 9. The zero-order chi connectivity index (χ0) is 26.1. The number of methoxy groups -OCH3 is 4. The lowest BCUT2D eigenvalue weighted by Crippen LogP contribution is -2.15. The van der Waals surface area contributed by atoms with Gasteiger partial charge in [-0.25, -0.2) is 9.79 Å². The van der Waals surface area contributed by atoms with Crippen molar-refractivity contribution in [3.8, 4) is 22.9 Å². The first-order valence-electron chi connectivity index (χ1n) is 10.9. The second kappa shape index (κ2) is 12.8. The first-order valence-corrected chi connectivity index (χ1v) is 12.1. The van der Waals surface area contributed by atoms with E-state index in [1.54, 1.807) is 34.3 Å². The largest absolute Gasteiger partial charge is 0.493 e. The van der Waals surface area contributed by atoms with Crippen molar-refractivity contribution in [2.75, 3.05) is 41.3 Å². The predicted molar refractivity (Wildman–Crippen MR) is 139 cm³/mol. The van der Waals surface area contributed by atoms with E-state index >= 15 is 0 Å². The average Bonchev–Trinajstić information content (AvgIpc) is 3.34. The van der Waals surface area contributed by atoms with E-state index in [1.165, 1.54) is 18.9 Å². The monoisotopic (exact) mass is 512 g/mol. The Morgan fingerprint density at radius 2 is 1.83 bits per heavy atom. The van der Waals surface area contributed by atoms with Crippen molar-refractivity contribution in [2.24, 2.45) is 9.98 Å². The number of aliphatic imine (C=N–C) groups is 2. The summed E-state index contributed by atoms with van der Waals surface area (Å²) in [5.74, 6) is 2.10. The highest BCUT2D eigenvalue weighted by Crippen LogP contribution is 2.34. The molecule has 3 aromatic rings. The van der Waals surface area contributed by atoms with Gasteiger partial charge in [0, 0.05) is 30.7 Å². The van der Waals surface area contributed by atoms with Gasteiger partial charge in [-0.3, -0.25) is 0 Å². The van der Waals surface area contributed by atoms with Crippen molar-refractivity contribution < 1.29 is 28.3 Å². The normalized spacial score (nSPS) is 11.9. The fraction of sp³-hybridized carbons (Fsp3) is 0.320. The lowest BCUT2D eigenvalue weighted by atomic mass is 10.0. The molecule has 10 nitrogen and oxygen atoms in total. The maximum atomic E-state index is 12.0. The molecule has 0 saturated heterocycles. The molecule has 0 aliphatic heterocycles. The maximum Gasteiger partial charge on any atom is 0.434 e. The molecule has 0 fully saturated rings. The molecule has 2 aromatic carbocycles. The van der Waals surface area contributed by atoms with Gasteiger partial charge in [-0.05, 0) is 49.1 Å². The van der Waals surface area contributed by atoms with E-state index in [0.717, 1.165) is 11.1 Å². The molecule has 3 rings (SSSR count). The van der Waals surface area contributed by atoms with Gasteiger partial charge in [0.2, 0.25) is 11.7 Å². The van der Waals surface area contributed by atoms with Crippen LogP contribution in [0.1, 0.15) is 17.0 Å². The lowest BCUT2D eigenvalue weighted by molar-refractivity contribution is 0.183. The van der Waals surface area contributed by atoms with Crippen LogP contribution in [0.25, 0.3) is 11.4 Å². The van der Waals surface area contributed by atoms with Crippen molar-refractivity contribution in [3.05, 3.63) is 53.4 Å². The molecule has 0 bridgehead atoms. The van der Waals surface area contributed by atoms with Gasteiger partial charge in [-0.1, -0.05) is 5.16 Å². The number of aromatic nitrogens is 2. The summed E-state index contributed by atoms with van der Waals surface area (Å²) < 4.78 is 26.3. The molecule has 0 aliphatic rings. The summed E-state index contributed by atoms with van der Waals surface area (Å²) in [5.41, 5.74) is 3.44. The Balaban J connectivity index is 2.16. The Labute approximate surface area is 213 Å². The highest BCUT2D eigenvalue weighted by molar-refractivity contribution is 8.15. The number of benzene rings is 2. The van der Waals surface area contributed by atoms with Crippen LogP contribution in [-0.4, -0.2) is 68.3 Å². The van der Waals surface area contributed by atoms with Gasteiger partial charge in [0.1, 0.15) is 10.8 Å². The SMILES string of the molecule is COCCc1cc(C(=N/c2ccc(-c3noc(C)n3)cc2)/C(=N/C(=O)OC)SC)cc(OC)c1OC. The number of hydrogen-bond acceptors (Lipinski definition) is 10. The Hall–Kier alpha value is -3.70. The minimum Gasteiger partial charge on any atom is -0.493 e. The first kappa shape index (κ1) is 26.9. The van der Waals surface area contributed by atoms with Gasteiger partial charge in [0.05, 0.1) is 33.6 Å². The van der Waals surface area contributed by atoms with Crippen LogP contribution in [-0.2, 0) is 15.9 Å². The summed E-state index contributed by atoms with van der Waals surface area (Å²) in [7, 11) is 6.06. The van der Waals surface area contributed by atoms with Crippen molar-refractivity contribution >= 4 is 34.3 Å². The zero-order valence-corrected chi connectivity index (χ0v) is 21.8. The molecule has 0 N–H and O–H groups in total. The number of carbonyl (C=O) groups is 1. The van der Waals surface area contributed by atoms with Crippen molar-refractivity contribution in [2.45, 2.75) is 13.3 Å². The number of hydrogen-bond donors (Lipinski definition) is 0. The quantitative estimate of drug-likeness (QED) is 0.291. The van der Waals surface area contributed by atoms with E-state index in [2.05, 4.69) is 15.1 Å². The second-order valence-corrected chi connectivity index (χ2v) is 8.14. The fourth-order valence-corrected chi connectivity index (χ4v) is 3.89. The first-order chi connectivity index (χ1) is 17.4. The van der Waals surface area contributed by atoms with Crippen LogP contribution in [0.15, 0.2) is 50.9 Å². The Morgan fingerprint density at radius 3 is 2.39 bits per heavy atom. The second-order valence-electron chi connectivity index (χ2n) is 7.35. The smallest absolute Gasteiger partial charge is 0.434 e. The van der Waals surface area contributed by atoms with Crippen LogP contribution in [0.5, 0.6) is 11.5 Å². The lowest BCUT2D eigenvalue weighted by Gasteiger charge is -2.16. The number of aryl methyl sites for hydroxylation is 1. The van der Waals surface area contributed by atoms with Crippen LogP contribution in [0.3, 0.4) is 0 Å². The van der Waals surface area contributed by atoms with Gasteiger partial charge in [-0.2, -0.15) is 9.98 Å². The van der Waals surface area contributed by atoms with Crippen molar-refractivity contribution in [1.29, 1.82) is 0 Å². The molecule has 0 aliphatic carbocycles. The van der Waals surface area contributed by atoms with E-state index in [1.807, 2.05) is 36.6 Å².